The Balaban J connectivity index is 1.90. The maximum atomic E-state index is 12.0. The van der Waals surface area contributed by atoms with Gasteiger partial charge in [-0.05, 0) is 30.5 Å². The fourth-order valence-electron chi connectivity index (χ4n) is 2.33. The zero-order valence-electron chi connectivity index (χ0n) is 14.1. The van der Waals surface area contributed by atoms with E-state index in [0.29, 0.717) is 12.8 Å². The summed E-state index contributed by atoms with van der Waals surface area (Å²) < 4.78 is 5.20. The molecule has 2 aromatic rings. The Morgan fingerprint density at radius 1 is 1.20 bits per heavy atom. The predicted octanol–water partition coefficient (Wildman–Crippen LogP) is 3.09. The van der Waals surface area contributed by atoms with Crippen LogP contribution in [0.4, 0.5) is 4.79 Å². The summed E-state index contributed by atoms with van der Waals surface area (Å²) >= 11 is 0. The first-order valence-electron chi connectivity index (χ1n) is 8.13. The Labute approximate surface area is 146 Å². The van der Waals surface area contributed by atoms with Gasteiger partial charge in [0, 0.05) is 30.8 Å². The number of carboxylic acids is 1. The van der Waals surface area contributed by atoms with Gasteiger partial charge in [0.25, 0.3) is 0 Å². The van der Waals surface area contributed by atoms with Crippen molar-refractivity contribution in [3.05, 3.63) is 65.5 Å². The lowest BCUT2D eigenvalue weighted by Crippen LogP contribution is -2.37. The van der Waals surface area contributed by atoms with Crippen molar-refractivity contribution < 1.29 is 19.4 Å². The lowest BCUT2D eigenvalue weighted by atomic mass is 10.1. The summed E-state index contributed by atoms with van der Waals surface area (Å²) in [7, 11) is 0. The molecule has 1 atom stereocenters. The van der Waals surface area contributed by atoms with Crippen LogP contribution in [-0.4, -0.2) is 28.2 Å². The molecule has 0 aliphatic heterocycles. The molecule has 132 valence electrons. The highest BCUT2D eigenvalue weighted by Crippen LogP contribution is 2.08. The van der Waals surface area contributed by atoms with Gasteiger partial charge in [-0.2, -0.15) is 0 Å². The van der Waals surface area contributed by atoms with Crippen LogP contribution in [0.1, 0.15) is 29.7 Å². The molecule has 0 saturated heterocycles. The molecule has 1 heterocycles. The molecule has 1 amide bonds. The lowest BCUT2D eigenvalue weighted by Gasteiger charge is -2.17. The Morgan fingerprint density at radius 3 is 2.60 bits per heavy atom. The van der Waals surface area contributed by atoms with Crippen LogP contribution < -0.4 is 5.32 Å². The molecule has 0 bridgehead atoms. The molecular weight excluding hydrogens is 320 g/mol. The highest BCUT2D eigenvalue weighted by Gasteiger charge is 2.16. The van der Waals surface area contributed by atoms with Gasteiger partial charge < -0.3 is 15.2 Å². The van der Waals surface area contributed by atoms with E-state index in [-0.39, 0.29) is 19.1 Å². The van der Waals surface area contributed by atoms with Crippen LogP contribution in [0.25, 0.3) is 0 Å². The molecule has 1 unspecified atom stereocenters. The van der Waals surface area contributed by atoms with Gasteiger partial charge in [0.2, 0.25) is 0 Å². The minimum absolute atomic E-state index is 0.0322. The fraction of sp³-hybridized carbons (Fsp3) is 0.316. The number of nitrogens with one attached hydrogen (secondary N) is 1. The molecule has 0 aliphatic rings. The SMILES string of the molecule is Cc1ccc(CC(CCC(=O)O)NC(=O)OCc2ccccc2)nc1. The number of carboxylic acid groups (broad SMARTS) is 1. The molecule has 0 aliphatic carbocycles. The number of carbonyl (C=O) groups is 2. The van der Waals surface area contributed by atoms with Crippen molar-refractivity contribution in [2.24, 2.45) is 0 Å². The van der Waals surface area contributed by atoms with E-state index in [1.165, 1.54) is 0 Å². The van der Waals surface area contributed by atoms with E-state index in [9.17, 15) is 9.59 Å². The van der Waals surface area contributed by atoms with Crippen LogP contribution in [0.15, 0.2) is 48.7 Å². The first-order valence-corrected chi connectivity index (χ1v) is 8.13. The fourth-order valence-corrected chi connectivity index (χ4v) is 2.33. The number of nitrogens with zero attached hydrogens (tertiary/aromatic N) is 1. The van der Waals surface area contributed by atoms with Crippen molar-refractivity contribution in [2.75, 3.05) is 0 Å². The summed E-state index contributed by atoms with van der Waals surface area (Å²) in [6.45, 7) is 2.11. The minimum Gasteiger partial charge on any atom is -0.481 e. The summed E-state index contributed by atoms with van der Waals surface area (Å²) in [5.41, 5.74) is 2.73. The predicted molar refractivity (Wildman–Crippen MR) is 93.1 cm³/mol. The van der Waals surface area contributed by atoms with Gasteiger partial charge in [0.05, 0.1) is 0 Å². The number of amides is 1. The van der Waals surface area contributed by atoms with Crippen LogP contribution in [0.5, 0.6) is 0 Å². The van der Waals surface area contributed by atoms with Gasteiger partial charge in [-0.25, -0.2) is 4.79 Å². The molecular formula is C19H22N2O4. The van der Waals surface area contributed by atoms with Crippen LogP contribution in [-0.2, 0) is 22.6 Å². The number of rotatable bonds is 8. The number of aromatic nitrogens is 1. The largest absolute Gasteiger partial charge is 0.481 e. The van der Waals surface area contributed by atoms with Crippen molar-refractivity contribution in [1.29, 1.82) is 0 Å². The highest BCUT2D eigenvalue weighted by atomic mass is 16.5. The summed E-state index contributed by atoms with van der Waals surface area (Å²) in [4.78, 5) is 27.2. The maximum absolute atomic E-state index is 12.0. The van der Waals surface area contributed by atoms with Crippen molar-refractivity contribution >= 4 is 12.1 Å². The van der Waals surface area contributed by atoms with Gasteiger partial charge in [0.15, 0.2) is 0 Å². The Bertz CT molecular complexity index is 686. The van der Waals surface area contributed by atoms with E-state index >= 15 is 0 Å². The Hall–Kier alpha value is -2.89. The van der Waals surface area contributed by atoms with E-state index in [4.69, 9.17) is 9.84 Å². The van der Waals surface area contributed by atoms with Crippen molar-refractivity contribution in [3.8, 4) is 0 Å². The number of aryl methyl sites for hydroxylation is 1. The average molecular weight is 342 g/mol. The third-order valence-corrected chi connectivity index (χ3v) is 3.67. The first-order chi connectivity index (χ1) is 12.0. The third-order valence-electron chi connectivity index (χ3n) is 3.67. The van der Waals surface area contributed by atoms with E-state index in [1.54, 1.807) is 6.20 Å². The van der Waals surface area contributed by atoms with E-state index in [1.807, 2.05) is 49.4 Å². The number of pyridine rings is 1. The standard InChI is InChI=1S/C19H22N2O4/c1-14-7-8-16(20-12-14)11-17(9-10-18(22)23)21-19(24)25-13-15-5-3-2-4-6-15/h2-8,12,17H,9-11,13H2,1H3,(H,21,24)(H,22,23). The summed E-state index contributed by atoms with van der Waals surface area (Å²) in [6, 6.07) is 12.8. The van der Waals surface area contributed by atoms with Gasteiger partial charge in [-0.15, -0.1) is 0 Å². The quantitative estimate of drug-likeness (QED) is 0.769. The molecule has 1 aromatic heterocycles. The number of hydrogen-bond donors (Lipinski definition) is 2. The molecule has 2 rings (SSSR count). The molecule has 0 saturated carbocycles. The zero-order valence-corrected chi connectivity index (χ0v) is 14.1. The monoisotopic (exact) mass is 342 g/mol. The topological polar surface area (TPSA) is 88.5 Å². The summed E-state index contributed by atoms with van der Waals surface area (Å²) in [5, 5.41) is 11.6. The third kappa shape index (κ3) is 7.03. The molecule has 2 N–H and O–H groups in total. The number of aliphatic carboxylic acids is 1. The zero-order chi connectivity index (χ0) is 18.1. The molecule has 6 nitrogen and oxygen atoms in total. The van der Waals surface area contributed by atoms with Crippen LogP contribution in [0.3, 0.4) is 0 Å². The van der Waals surface area contributed by atoms with Crippen molar-refractivity contribution in [1.82, 2.24) is 10.3 Å². The molecule has 6 heteroatoms. The molecule has 25 heavy (non-hydrogen) atoms. The Kier molecular flexibility index (Phi) is 6.95. The second-order valence-corrected chi connectivity index (χ2v) is 5.87. The second kappa shape index (κ2) is 9.42. The minimum atomic E-state index is -0.902. The maximum Gasteiger partial charge on any atom is 0.407 e. The molecule has 0 spiro atoms. The van der Waals surface area contributed by atoms with Crippen molar-refractivity contribution in [2.45, 2.75) is 38.8 Å². The van der Waals surface area contributed by atoms with Crippen LogP contribution in [0, 0.1) is 6.92 Å². The second-order valence-electron chi connectivity index (χ2n) is 5.87. The van der Waals surface area contributed by atoms with E-state index in [2.05, 4.69) is 10.3 Å². The highest BCUT2D eigenvalue weighted by molar-refractivity contribution is 5.68. The molecule has 1 aromatic carbocycles. The number of ether oxygens (including phenoxy) is 1. The van der Waals surface area contributed by atoms with Gasteiger partial charge in [-0.1, -0.05) is 36.4 Å². The van der Waals surface area contributed by atoms with Gasteiger partial charge in [-0.3, -0.25) is 9.78 Å². The van der Waals surface area contributed by atoms with E-state index < -0.39 is 12.1 Å². The smallest absolute Gasteiger partial charge is 0.407 e. The summed E-state index contributed by atoms with van der Waals surface area (Å²) in [5.74, 6) is -0.902. The van der Waals surface area contributed by atoms with Crippen LogP contribution >= 0.6 is 0 Å². The lowest BCUT2D eigenvalue weighted by molar-refractivity contribution is -0.137. The van der Waals surface area contributed by atoms with Crippen LogP contribution in [0.2, 0.25) is 0 Å². The number of benzene rings is 1. The van der Waals surface area contributed by atoms with Gasteiger partial charge >= 0.3 is 12.1 Å². The van der Waals surface area contributed by atoms with Crippen molar-refractivity contribution in [3.63, 3.8) is 0 Å². The molecule has 0 fully saturated rings. The normalized spacial score (nSPS) is 11.6. The van der Waals surface area contributed by atoms with E-state index in [0.717, 1.165) is 16.8 Å². The Morgan fingerprint density at radius 2 is 1.96 bits per heavy atom. The summed E-state index contributed by atoms with van der Waals surface area (Å²) in [6.07, 6.45) is 1.91. The number of carbonyl (C=O) groups excluding carboxylic acids is 1. The molecule has 0 radical (unpaired) electrons. The number of alkyl carbamates (subject to hydrolysis) is 1. The number of hydrogen-bond acceptors (Lipinski definition) is 4. The average Bonchev–Trinajstić information content (AvgIpc) is 2.60. The van der Waals surface area contributed by atoms with Gasteiger partial charge in [0.1, 0.15) is 6.61 Å². The first kappa shape index (κ1) is 18.4.